The highest BCUT2D eigenvalue weighted by molar-refractivity contribution is 6.74. The molecular formula is C14H31NO3Si. The van der Waals surface area contributed by atoms with Crippen LogP contribution >= 0.6 is 0 Å². The molecule has 0 fully saturated rings. The molecule has 0 aromatic rings. The Morgan fingerprint density at radius 2 is 1.53 bits per heavy atom. The molecule has 0 radical (unpaired) electrons. The molecule has 4 nitrogen and oxygen atoms in total. The number of rotatable bonds is 4. The van der Waals surface area contributed by atoms with Gasteiger partial charge in [0.05, 0.1) is 6.10 Å². The van der Waals surface area contributed by atoms with Crippen molar-refractivity contribution in [2.24, 2.45) is 5.73 Å². The molecule has 0 aromatic carbocycles. The van der Waals surface area contributed by atoms with Gasteiger partial charge in [-0.15, -0.1) is 0 Å². The molecule has 2 N–H and O–H groups in total. The molecule has 0 aliphatic carbocycles. The van der Waals surface area contributed by atoms with Gasteiger partial charge in [0.25, 0.3) is 0 Å². The predicted molar refractivity (Wildman–Crippen MR) is 81.6 cm³/mol. The number of esters is 1. The summed E-state index contributed by atoms with van der Waals surface area (Å²) in [6.45, 7) is 18.1. The number of hydrogen-bond donors (Lipinski definition) is 1. The number of nitrogens with two attached hydrogens (primary N) is 1. The smallest absolute Gasteiger partial charge is 0.326 e. The lowest BCUT2D eigenvalue weighted by Gasteiger charge is -2.39. The monoisotopic (exact) mass is 289 g/mol. The molecule has 0 heterocycles. The Labute approximate surface area is 119 Å². The SMILES string of the molecule is C[C@H](O[Si](C)(C)C(C)(C)C)[C@@H](N)C(=O)OC(C)(C)C. The predicted octanol–water partition coefficient (Wildman–Crippen LogP) is 3.07. The number of hydrogen-bond acceptors (Lipinski definition) is 4. The van der Waals surface area contributed by atoms with Crippen molar-refractivity contribution in [2.75, 3.05) is 0 Å². The standard InChI is InChI=1S/C14H31NO3Si/c1-10(18-19(8,9)14(5,6)7)11(15)12(16)17-13(2,3)4/h10-11H,15H2,1-9H3/t10-,11+/m0/s1. The molecule has 0 aromatic heterocycles. The van der Waals surface area contributed by atoms with Crippen molar-refractivity contribution < 1.29 is 14.0 Å². The van der Waals surface area contributed by atoms with Crippen LogP contribution in [0.25, 0.3) is 0 Å². The Morgan fingerprint density at radius 1 is 1.11 bits per heavy atom. The van der Waals surface area contributed by atoms with Crippen LogP contribution in [0.3, 0.4) is 0 Å². The van der Waals surface area contributed by atoms with Gasteiger partial charge in [0, 0.05) is 0 Å². The summed E-state index contributed by atoms with van der Waals surface area (Å²) in [5.74, 6) is -0.404. The van der Waals surface area contributed by atoms with Gasteiger partial charge in [-0.1, -0.05) is 20.8 Å². The first-order valence-corrected chi connectivity index (χ1v) is 9.74. The number of carbonyl (C=O) groups excluding carboxylic acids is 1. The van der Waals surface area contributed by atoms with Gasteiger partial charge in [0.15, 0.2) is 8.32 Å². The lowest BCUT2D eigenvalue weighted by molar-refractivity contribution is -0.158. The van der Waals surface area contributed by atoms with Crippen LogP contribution in [0.5, 0.6) is 0 Å². The Hall–Kier alpha value is -0.393. The van der Waals surface area contributed by atoms with Gasteiger partial charge in [-0.3, -0.25) is 4.79 Å². The lowest BCUT2D eigenvalue weighted by Crippen LogP contribution is -2.51. The van der Waals surface area contributed by atoms with Crippen molar-refractivity contribution in [3.63, 3.8) is 0 Å². The Balaban J connectivity index is 4.68. The highest BCUT2D eigenvalue weighted by atomic mass is 28.4. The van der Waals surface area contributed by atoms with Crippen LogP contribution in [0.1, 0.15) is 48.5 Å². The van der Waals surface area contributed by atoms with E-state index >= 15 is 0 Å². The van der Waals surface area contributed by atoms with E-state index in [1.165, 1.54) is 0 Å². The first kappa shape index (κ1) is 18.6. The molecule has 0 rings (SSSR count). The van der Waals surface area contributed by atoms with E-state index in [4.69, 9.17) is 14.9 Å². The summed E-state index contributed by atoms with van der Waals surface area (Å²) in [6.07, 6.45) is -0.337. The summed E-state index contributed by atoms with van der Waals surface area (Å²) in [6, 6.07) is -0.742. The van der Waals surface area contributed by atoms with Crippen LogP contribution < -0.4 is 5.73 Å². The highest BCUT2D eigenvalue weighted by Crippen LogP contribution is 2.37. The number of carbonyl (C=O) groups is 1. The van der Waals surface area contributed by atoms with Crippen LogP contribution in [0.2, 0.25) is 18.1 Å². The first-order chi connectivity index (χ1) is 8.17. The maximum Gasteiger partial charge on any atom is 0.326 e. The highest BCUT2D eigenvalue weighted by Gasteiger charge is 2.40. The van der Waals surface area contributed by atoms with E-state index in [-0.39, 0.29) is 11.1 Å². The second-order valence-corrected chi connectivity index (χ2v) is 12.4. The van der Waals surface area contributed by atoms with Crippen LogP contribution in [-0.2, 0) is 14.0 Å². The van der Waals surface area contributed by atoms with Crippen LogP contribution in [0.4, 0.5) is 0 Å². The van der Waals surface area contributed by atoms with E-state index < -0.39 is 25.9 Å². The normalized spacial score (nSPS) is 16.9. The molecule has 0 aliphatic heterocycles. The Bertz CT molecular complexity index is 316. The molecule has 2 atom stereocenters. The van der Waals surface area contributed by atoms with Gasteiger partial charge < -0.3 is 14.9 Å². The third-order valence-electron chi connectivity index (χ3n) is 3.47. The molecule has 0 saturated heterocycles. The van der Waals surface area contributed by atoms with Crippen molar-refractivity contribution in [1.82, 2.24) is 0 Å². The van der Waals surface area contributed by atoms with Crippen molar-refractivity contribution in [1.29, 1.82) is 0 Å². The van der Waals surface area contributed by atoms with E-state index in [9.17, 15) is 4.79 Å². The third-order valence-corrected chi connectivity index (χ3v) is 8.04. The molecule has 5 heteroatoms. The Kier molecular flexibility index (Phi) is 5.81. The van der Waals surface area contributed by atoms with Crippen molar-refractivity contribution >= 4 is 14.3 Å². The van der Waals surface area contributed by atoms with Gasteiger partial charge in [-0.05, 0) is 45.8 Å². The van der Waals surface area contributed by atoms with Gasteiger partial charge in [-0.25, -0.2) is 0 Å². The first-order valence-electron chi connectivity index (χ1n) is 6.83. The Morgan fingerprint density at radius 3 is 1.84 bits per heavy atom. The minimum absolute atomic E-state index is 0.0922. The van der Waals surface area contributed by atoms with Crippen molar-refractivity contribution in [3.8, 4) is 0 Å². The summed E-state index contributed by atoms with van der Waals surface area (Å²) >= 11 is 0. The largest absolute Gasteiger partial charge is 0.459 e. The van der Waals surface area contributed by atoms with Crippen molar-refractivity contribution in [2.45, 2.75) is 84.3 Å². The maximum absolute atomic E-state index is 11.9. The molecular weight excluding hydrogens is 258 g/mol. The van der Waals surface area contributed by atoms with Crippen LogP contribution in [0, 0.1) is 0 Å². The quantitative estimate of drug-likeness (QED) is 0.638. The summed E-state index contributed by atoms with van der Waals surface area (Å²) in [4.78, 5) is 11.9. The summed E-state index contributed by atoms with van der Waals surface area (Å²) in [5.41, 5.74) is 5.42. The average Bonchev–Trinajstić information content (AvgIpc) is 2.10. The topological polar surface area (TPSA) is 61.5 Å². The molecule has 0 amide bonds. The van der Waals surface area contributed by atoms with Crippen molar-refractivity contribution in [3.05, 3.63) is 0 Å². The fraction of sp³-hybridized carbons (Fsp3) is 0.929. The van der Waals surface area contributed by atoms with E-state index in [0.717, 1.165) is 0 Å². The summed E-state index contributed by atoms with van der Waals surface area (Å²) < 4.78 is 11.4. The molecule has 0 bridgehead atoms. The van der Waals surface area contributed by atoms with Gasteiger partial charge in [0.2, 0.25) is 0 Å². The zero-order chi connectivity index (χ0) is 15.6. The van der Waals surface area contributed by atoms with E-state index in [1.54, 1.807) is 0 Å². The van der Waals surface area contributed by atoms with Gasteiger partial charge in [0.1, 0.15) is 11.6 Å². The second kappa shape index (κ2) is 5.93. The molecule has 0 saturated carbocycles. The zero-order valence-electron chi connectivity index (χ0n) is 14.0. The fourth-order valence-electron chi connectivity index (χ4n) is 1.28. The number of ether oxygens (including phenoxy) is 1. The second-order valence-electron chi connectivity index (χ2n) is 7.64. The van der Waals surface area contributed by atoms with E-state index in [2.05, 4.69) is 33.9 Å². The lowest BCUT2D eigenvalue weighted by atomic mass is 10.1. The van der Waals surface area contributed by atoms with E-state index in [1.807, 2.05) is 27.7 Å². The van der Waals surface area contributed by atoms with E-state index in [0.29, 0.717) is 0 Å². The average molecular weight is 289 g/mol. The molecule has 0 unspecified atom stereocenters. The maximum atomic E-state index is 11.9. The minimum Gasteiger partial charge on any atom is -0.459 e. The van der Waals surface area contributed by atoms with Crippen LogP contribution in [0.15, 0.2) is 0 Å². The molecule has 114 valence electrons. The molecule has 19 heavy (non-hydrogen) atoms. The van der Waals surface area contributed by atoms with Gasteiger partial charge >= 0.3 is 5.97 Å². The minimum atomic E-state index is -1.92. The molecule has 0 spiro atoms. The summed E-state index contributed by atoms with van der Waals surface area (Å²) in [7, 11) is -1.92. The third kappa shape index (κ3) is 6.06. The fourth-order valence-corrected chi connectivity index (χ4v) is 2.71. The zero-order valence-corrected chi connectivity index (χ0v) is 15.0. The van der Waals surface area contributed by atoms with Crippen LogP contribution in [-0.4, -0.2) is 32.0 Å². The van der Waals surface area contributed by atoms with Gasteiger partial charge in [-0.2, -0.15) is 0 Å². The molecule has 0 aliphatic rings. The summed E-state index contributed by atoms with van der Waals surface area (Å²) in [5, 5.41) is 0.0922.